The Morgan fingerprint density at radius 2 is 2.36 bits per heavy atom. The maximum absolute atomic E-state index is 12.6. The molecule has 0 radical (unpaired) electrons. The van der Waals surface area contributed by atoms with Crippen molar-refractivity contribution in [3.63, 3.8) is 0 Å². The van der Waals surface area contributed by atoms with Crippen LogP contribution in [0, 0.1) is 23.1 Å². The molecule has 0 heterocycles. The molecule has 0 aliphatic heterocycles. The Morgan fingerprint density at radius 1 is 1.64 bits per heavy atom. The van der Waals surface area contributed by atoms with Gasteiger partial charge in [-0.25, -0.2) is 4.39 Å². The Balaban J connectivity index is 2.64. The zero-order valence-corrected chi connectivity index (χ0v) is 8.48. The van der Waals surface area contributed by atoms with E-state index in [4.69, 9.17) is 16.9 Å². The van der Waals surface area contributed by atoms with Crippen molar-refractivity contribution in [3.05, 3.63) is 29.0 Å². The molecular weight excluding hydrogens is 203 g/mol. The zero-order valence-electron chi connectivity index (χ0n) is 7.72. The standard InChI is InChI=1S/C10H10ClFN2/c1-7(5-13)6-14-10-3-2-8(12)4-9(10)11/h2-4,7,14H,6H2,1H3. The fraction of sp³-hybridized carbons (Fsp3) is 0.300. The molecule has 2 nitrogen and oxygen atoms in total. The average molecular weight is 213 g/mol. The van der Waals surface area contributed by atoms with Crippen LogP contribution in [-0.2, 0) is 0 Å². The first-order valence-corrected chi connectivity index (χ1v) is 4.60. The van der Waals surface area contributed by atoms with Crippen LogP contribution in [0.1, 0.15) is 6.92 Å². The van der Waals surface area contributed by atoms with Crippen LogP contribution < -0.4 is 5.32 Å². The lowest BCUT2D eigenvalue weighted by molar-refractivity contribution is 0.628. The minimum absolute atomic E-state index is 0.101. The van der Waals surface area contributed by atoms with E-state index in [-0.39, 0.29) is 11.7 Å². The van der Waals surface area contributed by atoms with Crippen LogP contribution in [0.5, 0.6) is 0 Å². The number of nitrogens with zero attached hydrogens (tertiary/aromatic N) is 1. The monoisotopic (exact) mass is 212 g/mol. The summed E-state index contributed by atoms with van der Waals surface area (Å²) in [4.78, 5) is 0. The van der Waals surface area contributed by atoms with E-state index >= 15 is 0 Å². The van der Waals surface area contributed by atoms with E-state index in [2.05, 4.69) is 11.4 Å². The van der Waals surface area contributed by atoms with E-state index in [0.29, 0.717) is 17.3 Å². The molecule has 74 valence electrons. The van der Waals surface area contributed by atoms with Gasteiger partial charge in [0.05, 0.1) is 22.7 Å². The van der Waals surface area contributed by atoms with Crippen molar-refractivity contribution >= 4 is 17.3 Å². The molecule has 14 heavy (non-hydrogen) atoms. The third kappa shape index (κ3) is 2.90. The van der Waals surface area contributed by atoms with Gasteiger partial charge >= 0.3 is 0 Å². The Hall–Kier alpha value is -1.27. The molecule has 0 bridgehead atoms. The lowest BCUT2D eigenvalue weighted by Gasteiger charge is -2.08. The highest BCUT2D eigenvalue weighted by molar-refractivity contribution is 6.33. The van der Waals surface area contributed by atoms with Crippen molar-refractivity contribution in [3.8, 4) is 6.07 Å². The van der Waals surface area contributed by atoms with Gasteiger partial charge in [0.1, 0.15) is 5.82 Å². The van der Waals surface area contributed by atoms with Crippen molar-refractivity contribution in [1.82, 2.24) is 0 Å². The topological polar surface area (TPSA) is 35.8 Å². The molecule has 1 aromatic carbocycles. The maximum atomic E-state index is 12.6. The molecule has 4 heteroatoms. The van der Waals surface area contributed by atoms with E-state index in [1.807, 2.05) is 0 Å². The van der Waals surface area contributed by atoms with Crippen molar-refractivity contribution in [2.75, 3.05) is 11.9 Å². The molecule has 0 saturated heterocycles. The summed E-state index contributed by atoms with van der Waals surface area (Å²) in [7, 11) is 0. The molecule has 1 unspecified atom stereocenters. The summed E-state index contributed by atoms with van der Waals surface area (Å²) in [5.41, 5.74) is 0.648. The normalized spacial score (nSPS) is 11.9. The largest absolute Gasteiger partial charge is 0.383 e. The van der Waals surface area contributed by atoms with Gasteiger partial charge in [0.15, 0.2) is 0 Å². The van der Waals surface area contributed by atoms with Gasteiger partial charge in [-0.05, 0) is 25.1 Å². The number of hydrogen-bond donors (Lipinski definition) is 1. The smallest absolute Gasteiger partial charge is 0.124 e. The number of nitriles is 1. The Kier molecular flexibility index (Phi) is 3.73. The molecule has 0 amide bonds. The molecule has 1 aromatic rings. The van der Waals surface area contributed by atoms with Crippen molar-refractivity contribution in [2.45, 2.75) is 6.92 Å². The van der Waals surface area contributed by atoms with E-state index in [9.17, 15) is 4.39 Å². The second kappa shape index (κ2) is 4.83. The Labute approximate surface area is 87.3 Å². The highest BCUT2D eigenvalue weighted by Crippen LogP contribution is 2.22. The zero-order chi connectivity index (χ0) is 10.6. The fourth-order valence-corrected chi connectivity index (χ4v) is 1.18. The molecule has 1 rings (SSSR count). The second-order valence-corrected chi connectivity index (χ2v) is 3.44. The average Bonchev–Trinajstić information content (AvgIpc) is 2.16. The van der Waals surface area contributed by atoms with E-state index in [0.717, 1.165) is 0 Å². The lowest BCUT2D eigenvalue weighted by Crippen LogP contribution is -2.09. The van der Waals surface area contributed by atoms with Gasteiger partial charge in [-0.3, -0.25) is 0 Å². The molecule has 0 spiro atoms. The van der Waals surface area contributed by atoms with Gasteiger partial charge in [-0.1, -0.05) is 11.6 Å². The molecule has 1 N–H and O–H groups in total. The van der Waals surface area contributed by atoms with E-state index in [1.54, 1.807) is 13.0 Å². The molecule has 0 aliphatic carbocycles. The van der Waals surface area contributed by atoms with Crippen LogP contribution in [0.15, 0.2) is 18.2 Å². The van der Waals surface area contributed by atoms with Crippen LogP contribution in [-0.4, -0.2) is 6.54 Å². The van der Waals surface area contributed by atoms with Crippen LogP contribution in [0.2, 0.25) is 5.02 Å². The van der Waals surface area contributed by atoms with Gasteiger partial charge < -0.3 is 5.32 Å². The summed E-state index contributed by atoms with van der Waals surface area (Å²) < 4.78 is 12.6. The second-order valence-electron chi connectivity index (χ2n) is 3.04. The summed E-state index contributed by atoms with van der Waals surface area (Å²) in [5.74, 6) is -0.468. The first kappa shape index (κ1) is 10.8. The van der Waals surface area contributed by atoms with Gasteiger partial charge in [-0.2, -0.15) is 5.26 Å². The highest BCUT2D eigenvalue weighted by Gasteiger charge is 2.03. The number of anilines is 1. The summed E-state index contributed by atoms with van der Waals surface area (Å²) in [6.45, 7) is 2.30. The number of benzene rings is 1. The predicted molar refractivity (Wildman–Crippen MR) is 54.7 cm³/mol. The molecular formula is C10H10ClFN2. The molecule has 1 atom stereocenters. The van der Waals surface area contributed by atoms with E-state index in [1.165, 1.54) is 12.1 Å². The van der Waals surface area contributed by atoms with Gasteiger partial charge in [0, 0.05) is 6.54 Å². The Bertz CT molecular complexity index is 360. The van der Waals surface area contributed by atoms with Crippen molar-refractivity contribution in [2.24, 2.45) is 5.92 Å². The molecule has 0 fully saturated rings. The van der Waals surface area contributed by atoms with Crippen molar-refractivity contribution in [1.29, 1.82) is 5.26 Å². The van der Waals surface area contributed by atoms with E-state index < -0.39 is 0 Å². The SMILES string of the molecule is CC(C#N)CNc1ccc(F)cc1Cl. The first-order chi connectivity index (χ1) is 6.63. The van der Waals surface area contributed by atoms with Gasteiger partial charge in [0.2, 0.25) is 0 Å². The van der Waals surface area contributed by atoms with Gasteiger partial charge in [-0.15, -0.1) is 0 Å². The number of rotatable bonds is 3. The summed E-state index contributed by atoms with van der Waals surface area (Å²) in [5, 5.41) is 11.8. The van der Waals surface area contributed by atoms with Crippen LogP contribution in [0.4, 0.5) is 10.1 Å². The van der Waals surface area contributed by atoms with Gasteiger partial charge in [0.25, 0.3) is 0 Å². The molecule has 0 aliphatic rings. The summed E-state index contributed by atoms with van der Waals surface area (Å²) >= 11 is 5.77. The number of nitrogens with one attached hydrogen (secondary N) is 1. The third-order valence-corrected chi connectivity index (χ3v) is 2.06. The van der Waals surface area contributed by atoms with Crippen LogP contribution in [0.3, 0.4) is 0 Å². The number of halogens is 2. The first-order valence-electron chi connectivity index (χ1n) is 4.22. The fourth-order valence-electron chi connectivity index (χ4n) is 0.942. The highest BCUT2D eigenvalue weighted by atomic mass is 35.5. The predicted octanol–water partition coefficient (Wildman–Crippen LogP) is 3.05. The van der Waals surface area contributed by atoms with Crippen LogP contribution in [0.25, 0.3) is 0 Å². The summed E-state index contributed by atoms with van der Waals surface area (Å²) in [6.07, 6.45) is 0. The molecule has 0 aromatic heterocycles. The minimum atomic E-state index is -0.367. The lowest BCUT2D eigenvalue weighted by atomic mass is 10.2. The van der Waals surface area contributed by atoms with Crippen LogP contribution >= 0.6 is 11.6 Å². The minimum Gasteiger partial charge on any atom is -0.383 e. The third-order valence-electron chi connectivity index (χ3n) is 1.75. The molecule has 0 saturated carbocycles. The van der Waals surface area contributed by atoms with Crippen molar-refractivity contribution < 1.29 is 4.39 Å². The maximum Gasteiger partial charge on any atom is 0.124 e. The quantitative estimate of drug-likeness (QED) is 0.836. The Morgan fingerprint density at radius 3 is 2.93 bits per heavy atom. The summed E-state index contributed by atoms with van der Waals surface area (Å²) in [6, 6.07) is 6.21. The number of hydrogen-bond acceptors (Lipinski definition) is 2.